The largest absolute Gasteiger partial charge is 0.329 e. The fourth-order valence-electron chi connectivity index (χ4n) is 1.71. The van der Waals surface area contributed by atoms with Crippen LogP contribution in [0, 0.1) is 0 Å². The third kappa shape index (κ3) is 2.96. The Bertz CT molecular complexity index is 476. The van der Waals surface area contributed by atoms with E-state index >= 15 is 0 Å². The third-order valence-electron chi connectivity index (χ3n) is 2.82. The van der Waals surface area contributed by atoms with Crippen LogP contribution in [0.2, 0.25) is 0 Å². The predicted molar refractivity (Wildman–Crippen MR) is 73.9 cm³/mol. The number of rotatable bonds is 4. The van der Waals surface area contributed by atoms with Gasteiger partial charge in [0.25, 0.3) is 0 Å². The van der Waals surface area contributed by atoms with Crippen molar-refractivity contribution in [3.63, 3.8) is 0 Å². The SMILES string of the molecule is CNC(C)Cn1cncc1-c1ccc(Br)cc1. The summed E-state index contributed by atoms with van der Waals surface area (Å²) in [6, 6.07) is 8.73. The summed E-state index contributed by atoms with van der Waals surface area (Å²) in [5.74, 6) is 0. The molecular formula is C13H16BrN3. The van der Waals surface area contributed by atoms with Crippen LogP contribution in [0.15, 0.2) is 41.3 Å². The van der Waals surface area contributed by atoms with E-state index in [4.69, 9.17) is 0 Å². The molecule has 1 unspecified atom stereocenters. The number of benzene rings is 1. The molecule has 0 aliphatic heterocycles. The highest BCUT2D eigenvalue weighted by atomic mass is 79.9. The van der Waals surface area contributed by atoms with Crippen molar-refractivity contribution in [2.24, 2.45) is 0 Å². The highest BCUT2D eigenvalue weighted by molar-refractivity contribution is 9.10. The maximum atomic E-state index is 4.23. The van der Waals surface area contributed by atoms with Gasteiger partial charge >= 0.3 is 0 Å². The number of hydrogen-bond acceptors (Lipinski definition) is 2. The van der Waals surface area contributed by atoms with Crippen LogP contribution in [0.5, 0.6) is 0 Å². The molecule has 2 rings (SSSR count). The minimum absolute atomic E-state index is 0.429. The Morgan fingerprint density at radius 2 is 2.06 bits per heavy atom. The van der Waals surface area contributed by atoms with E-state index in [2.05, 4.69) is 49.9 Å². The van der Waals surface area contributed by atoms with Crippen LogP contribution in [0.1, 0.15) is 6.92 Å². The van der Waals surface area contributed by atoms with Crippen molar-refractivity contribution in [3.05, 3.63) is 41.3 Å². The molecule has 3 nitrogen and oxygen atoms in total. The summed E-state index contributed by atoms with van der Waals surface area (Å²) >= 11 is 3.45. The van der Waals surface area contributed by atoms with Gasteiger partial charge in [0.05, 0.1) is 18.2 Å². The molecule has 1 aromatic carbocycles. The van der Waals surface area contributed by atoms with Crippen LogP contribution in [0.25, 0.3) is 11.3 Å². The lowest BCUT2D eigenvalue weighted by molar-refractivity contribution is 0.517. The summed E-state index contributed by atoms with van der Waals surface area (Å²) in [4.78, 5) is 4.23. The molecule has 0 saturated carbocycles. The Morgan fingerprint density at radius 3 is 2.71 bits per heavy atom. The molecule has 1 heterocycles. The molecule has 1 aromatic heterocycles. The summed E-state index contributed by atoms with van der Waals surface area (Å²) in [5, 5.41) is 3.23. The average Bonchev–Trinajstić information content (AvgIpc) is 2.78. The summed E-state index contributed by atoms with van der Waals surface area (Å²) in [6.45, 7) is 3.08. The van der Waals surface area contributed by atoms with E-state index in [-0.39, 0.29) is 0 Å². The zero-order valence-corrected chi connectivity index (χ0v) is 11.6. The number of hydrogen-bond donors (Lipinski definition) is 1. The molecule has 0 fully saturated rings. The first-order chi connectivity index (χ1) is 8.20. The summed E-state index contributed by atoms with van der Waals surface area (Å²) in [7, 11) is 1.97. The van der Waals surface area contributed by atoms with E-state index in [9.17, 15) is 0 Å². The second-order valence-electron chi connectivity index (χ2n) is 4.13. The minimum atomic E-state index is 0.429. The van der Waals surface area contributed by atoms with Gasteiger partial charge in [0.15, 0.2) is 0 Å². The molecule has 1 atom stereocenters. The van der Waals surface area contributed by atoms with Gasteiger partial charge in [-0.2, -0.15) is 0 Å². The van der Waals surface area contributed by atoms with Gasteiger partial charge in [0.2, 0.25) is 0 Å². The van der Waals surface area contributed by atoms with Crippen molar-refractivity contribution >= 4 is 15.9 Å². The van der Waals surface area contributed by atoms with Gasteiger partial charge in [0.1, 0.15) is 0 Å². The van der Waals surface area contributed by atoms with Gasteiger partial charge in [-0.05, 0) is 31.7 Å². The highest BCUT2D eigenvalue weighted by Crippen LogP contribution is 2.21. The minimum Gasteiger partial charge on any atom is -0.329 e. The maximum Gasteiger partial charge on any atom is 0.0951 e. The first-order valence-corrected chi connectivity index (χ1v) is 6.43. The first kappa shape index (κ1) is 12.3. The van der Waals surface area contributed by atoms with Crippen LogP contribution in [0.4, 0.5) is 0 Å². The molecule has 0 saturated heterocycles. The first-order valence-electron chi connectivity index (χ1n) is 5.64. The standard InChI is InChI=1S/C13H16BrN3/c1-10(15-2)8-17-9-16-7-13(17)11-3-5-12(14)6-4-11/h3-7,9-10,15H,8H2,1-2H3. The Morgan fingerprint density at radius 1 is 1.35 bits per heavy atom. The molecule has 0 radical (unpaired) electrons. The van der Waals surface area contributed by atoms with Gasteiger partial charge < -0.3 is 9.88 Å². The molecule has 0 aliphatic rings. The lowest BCUT2D eigenvalue weighted by Crippen LogP contribution is -2.26. The van der Waals surface area contributed by atoms with Crippen molar-refractivity contribution in [3.8, 4) is 11.3 Å². The Hall–Kier alpha value is -1.13. The maximum absolute atomic E-state index is 4.23. The molecule has 17 heavy (non-hydrogen) atoms. The Kier molecular flexibility index (Phi) is 3.97. The number of halogens is 1. The third-order valence-corrected chi connectivity index (χ3v) is 3.34. The van der Waals surface area contributed by atoms with E-state index in [0.29, 0.717) is 6.04 Å². The van der Waals surface area contributed by atoms with E-state index in [1.807, 2.05) is 31.7 Å². The van der Waals surface area contributed by atoms with Gasteiger partial charge in [0, 0.05) is 17.1 Å². The van der Waals surface area contributed by atoms with Crippen molar-refractivity contribution in [1.82, 2.24) is 14.9 Å². The monoisotopic (exact) mass is 293 g/mol. The molecule has 90 valence electrons. The van der Waals surface area contributed by atoms with E-state index < -0.39 is 0 Å². The lowest BCUT2D eigenvalue weighted by Gasteiger charge is -2.13. The summed E-state index contributed by atoms with van der Waals surface area (Å²) < 4.78 is 3.26. The highest BCUT2D eigenvalue weighted by Gasteiger charge is 2.07. The Balaban J connectivity index is 2.27. The number of likely N-dealkylation sites (N-methyl/N-ethyl adjacent to an activating group) is 1. The fourth-order valence-corrected chi connectivity index (χ4v) is 1.98. The van der Waals surface area contributed by atoms with Gasteiger partial charge in [-0.25, -0.2) is 4.98 Å². The zero-order valence-electron chi connectivity index (χ0n) is 10.0. The molecule has 2 aromatic rings. The quantitative estimate of drug-likeness (QED) is 0.939. The van der Waals surface area contributed by atoms with E-state index in [1.54, 1.807) is 0 Å². The lowest BCUT2D eigenvalue weighted by atomic mass is 10.1. The topological polar surface area (TPSA) is 29.9 Å². The van der Waals surface area contributed by atoms with Gasteiger partial charge in [-0.3, -0.25) is 0 Å². The fraction of sp³-hybridized carbons (Fsp3) is 0.308. The molecule has 1 N–H and O–H groups in total. The van der Waals surface area contributed by atoms with E-state index in [1.165, 1.54) is 5.56 Å². The molecule has 0 spiro atoms. The second kappa shape index (κ2) is 5.47. The zero-order chi connectivity index (χ0) is 12.3. The molecule has 4 heteroatoms. The molecule has 0 aliphatic carbocycles. The molecular weight excluding hydrogens is 278 g/mol. The number of aromatic nitrogens is 2. The van der Waals surface area contributed by atoms with Crippen molar-refractivity contribution in [2.45, 2.75) is 19.5 Å². The average molecular weight is 294 g/mol. The van der Waals surface area contributed by atoms with Crippen LogP contribution in [-0.4, -0.2) is 22.6 Å². The van der Waals surface area contributed by atoms with E-state index in [0.717, 1.165) is 16.7 Å². The van der Waals surface area contributed by atoms with Crippen molar-refractivity contribution in [2.75, 3.05) is 7.05 Å². The number of nitrogens with one attached hydrogen (secondary N) is 1. The molecule has 0 bridgehead atoms. The van der Waals surface area contributed by atoms with Crippen LogP contribution < -0.4 is 5.32 Å². The normalized spacial score (nSPS) is 12.6. The van der Waals surface area contributed by atoms with Gasteiger partial charge in [-0.15, -0.1) is 0 Å². The van der Waals surface area contributed by atoms with Crippen molar-refractivity contribution < 1.29 is 0 Å². The van der Waals surface area contributed by atoms with Gasteiger partial charge in [-0.1, -0.05) is 28.1 Å². The number of nitrogens with zero attached hydrogens (tertiary/aromatic N) is 2. The summed E-state index contributed by atoms with van der Waals surface area (Å²) in [5.41, 5.74) is 2.34. The summed E-state index contributed by atoms with van der Waals surface area (Å²) in [6.07, 6.45) is 3.79. The second-order valence-corrected chi connectivity index (χ2v) is 5.04. The predicted octanol–water partition coefficient (Wildman–Crippen LogP) is 2.92. The van der Waals surface area contributed by atoms with Crippen LogP contribution in [-0.2, 0) is 6.54 Å². The number of imidazole rings is 1. The smallest absolute Gasteiger partial charge is 0.0951 e. The van der Waals surface area contributed by atoms with Crippen LogP contribution >= 0.6 is 15.9 Å². The van der Waals surface area contributed by atoms with Crippen molar-refractivity contribution in [1.29, 1.82) is 0 Å². The Labute approximate surface area is 110 Å². The molecule has 0 amide bonds. The van der Waals surface area contributed by atoms with Crippen LogP contribution in [0.3, 0.4) is 0 Å².